The van der Waals surface area contributed by atoms with E-state index in [9.17, 15) is 14.7 Å². The van der Waals surface area contributed by atoms with Crippen molar-refractivity contribution in [2.24, 2.45) is 0 Å². The minimum atomic E-state index is -0.834. The summed E-state index contributed by atoms with van der Waals surface area (Å²) in [4.78, 5) is 25.8. The Balaban J connectivity index is 0.000000185. The van der Waals surface area contributed by atoms with Crippen LogP contribution in [0.4, 0.5) is 4.79 Å². The molecule has 0 radical (unpaired) electrons. The smallest absolute Gasteiger partial charge is 0.408 e. The van der Waals surface area contributed by atoms with Crippen molar-refractivity contribution in [2.75, 3.05) is 5.75 Å². The van der Waals surface area contributed by atoms with Gasteiger partial charge in [0.2, 0.25) is 0 Å². The summed E-state index contributed by atoms with van der Waals surface area (Å²) < 4.78 is 11.3. The molecule has 62 heavy (non-hydrogen) atoms. The van der Waals surface area contributed by atoms with E-state index in [1.54, 1.807) is 31.6 Å². The van der Waals surface area contributed by atoms with Gasteiger partial charge in [-0.2, -0.15) is 0 Å². The van der Waals surface area contributed by atoms with Gasteiger partial charge in [0.1, 0.15) is 18.2 Å². The third kappa shape index (κ3) is 7.92. The molecule has 312 valence electrons. The van der Waals surface area contributed by atoms with Crippen LogP contribution >= 0.6 is 21.6 Å². The zero-order chi connectivity index (χ0) is 43.3. The van der Waals surface area contributed by atoms with Crippen LogP contribution < -0.4 is 5.32 Å². The van der Waals surface area contributed by atoms with Gasteiger partial charge in [-0.1, -0.05) is 176 Å². The highest BCUT2D eigenvalue weighted by atomic mass is 33.1. The lowest BCUT2D eigenvalue weighted by atomic mass is 9.88. The topological polar surface area (TPSA) is 84.9 Å². The second-order valence-corrected chi connectivity index (χ2v) is 21.0. The van der Waals surface area contributed by atoms with Crippen LogP contribution in [0.25, 0.3) is 86.2 Å². The van der Waals surface area contributed by atoms with Gasteiger partial charge in [0, 0.05) is 10.5 Å². The molecule has 0 saturated heterocycles. The van der Waals surface area contributed by atoms with Gasteiger partial charge in [-0.25, -0.2) is 9.59 Å². The number of carbonyl (C=O) groups excluding carboxylic acids is 2. The number of benzene rings is 10. The van der Waals surface area contributed by atoms with Gasteiger partial charge >= 0.3 is 12.1 Å². The molecule has 0 saturated carbocycles. The summed E-state index contributed by atoms with van der Waals surface area (Å²) in [6.07, 6.45) is -0.634. The summed E-state index contributed by atoms with van der Waals surface area (Å²) in [7, 11) is 3.19. The van der Waals surface area contributed by atoms with Crippen LogP contribution in [0.15, 0.2) is 133 Å². The van der Waals surface area contributed by atoms with Crippen molar-refractivity contribution in [3.8, 4) is 0 Å². The number of hydrogen-bond acceptors (Lipinski definition) is 7. The second-order valence-electron chi connectivity index (χ2n) is 17.9. The predicted molar refractivity (Wildman–Crippen MR) is 264 cm³/mol. The van der Waals surface area contributed by atoms with Crippen LogP contribution in [0.1, 0.15) is 52.7 Å². The zero-order valence-electron chi connectivity index (χ0n) is 35.8. The van der Waals surface area contributed by atoms with Gasteiger partial charge in [-0.15, -0.1) is 0 Å². The Kier molecular flexibility index (Phi) is 11.0. The van der Waals surface area contributed by atoms with Gasteiger partial charge < -0.3 is 19.9 Å². The van der Waals surface area contributed by atoms with Crippen LogP contribution in [-0.2, 0) is 27.5 Å². The third-order valence-corrected chi connectivity index (χ3v) is 14.6. The van der Waals surface area contributed by atoms with E-state index in [0.29, 0.717) is 5.75 Å². The van der Waals surface area contributed by atoms with Crippen LogP contribution in [0, 0.1) is 0 Å². The van der Waals surface area contributed by atoms with E-state index in [4.69, 9.17) is 9.47 Å². The molecule has 6 nitrogen and oxygen atoms in total. The fraction of sp³-hybridized carbons (Fsp3) is 0.222. The molecule has 0 bridgehead atoms. The van der Waals surface area contributed by atoms with Crippen LogP contribution in [0.2, 0.25) is 0 Å². The second kappa shape index (κ2) is 16.5. The van der Waals surface area contributed by atoms with Crippen molar-refractivity contribution in [3.05, 3.63) is 145 Å². The maximum Gasteiger partial charge on any atom is 0.408 e. The zero-order valence-corrected chi connectivity index (χ0v) is 37.4. The van der Waals surface area contributed by atoms with Gasteiger partial charge in [0.25, 0.3) is 0 Å². The number of aliphatic hydroxyl groups excluding tert-OH is 1. The van der Waals surface area contributed by atoms with Crippen molar-refractivity contribution in [1.82, 2.24) is 5.32 Å². The number of alkyl carbamates (subject to hydrolysis) is 1. The van der Waals surface area contributed by atoms with E-state index in [0.717, 1.165) is 21.9 Å². The van der Waals surface area contributed by atoms with E-state index < -0.39 is 23.7 Å². The molecular weight excluding hydrogens is 807 g/mol. The van der Waals surface area contributed by atoms with Gasteiger partial charge in [-0.05, 0) is 118 Å². The number of ether oxygens (including phenoxy) is 2. The van der Waals surface area contributed by atoms with Crippen LogP contribution in [-0.4, -0.2) is 39.3 Å². The Hall–Kier alpha value is -5.80. The lowest BCUT2D eigenvalue weighted by Crippen LogP contribution is -2.45. The van der Waals surface area contributed by atoms with Gasteiger partial charge in [0.15, 0.2) is 0 Å². The number of aliphatic hydroxyl groups is 1. The molecule has 0 unspecified atom stereocenters. The minimum absolute atomic E-state index is 0.0113. The maximum atomic E-state index is 13.3. The third-order valence-electron chi connectivity index (χ3n) is 11.3. The van der Waals surface area contributed by atoms with Crippen molar-refractivity contribution < 1.29 is 24.2 Å². The summed E-state index contributed by atoms with van der Waals surface area (Å²) in [5.41, 5.74) is 1.25. The Morgan fingerprint density at radius 2 is 0.952 bits per heavy atom. The molecule has 10 aromatic rings. The first-order valence-electron chi connectivity index (χ1n) is 21.0. The molecule has 8 heteroatoms. The molecule has 1 amide bonds. The summed E-state index contributed by atoms with van der Waals surface area (Å²) in [5, 5.41) is 32.1. The number of esters is 1. The number of nitrogens with one attached hydrogen (secondary N) is 1. The van der Waals surface area contributed by atoms with E-state index in [2.05, 4.69) is 147 Å². The molecule has 0 fully saturated rings. The van der Waals surface area contributed by atoms with E-state index in [1.807, 2.05) is 12.1 Å². The molecular formula is C54H49NO5S2. The molecule has 10 rings (SSSR count). The Bertz CT molecular complexity index is 3190. The molecule has 0 aliphatic heterocycles. The number of carbonyl (C=O) groups is 2. The summed E-state index contributed by atoms with van der Waals surface area (Å²) in [5.74, 6) is -0.117. The Morgan fingerprint density at radius 1 is 0.548 bits per heavy atom. The highest BCUT2D eigenvalue weighted by Gasteiger charge is 2.27. The van der Waals surface area contributed by atoms with E-state index in [-0.39, 0.29) is 18.0 Å². The maximum absolute atomic E-state index is 13.3. The van der Waals surface area contributed by atoms with Crippen LogP contribution in [0.3, 0.4) is 0 Å². The lowest BCUT2D eigenvalue weighted by Gasteiger charge is -2.24. The van der Waals surface area contributed by atoms with Crippen molar-refractivity contribution in [3.63, 3.8) is 0 Å². The molecule has 0 aliphatic rings. The fourth-order valence-electron chi connectivity index (χ4n) is 8.82. The number of rotatable bonds is 8. The van der Waals surface area contributed by atoms with Crippen molar-refractivity contribution >= 4 is 120 Å². The highest BCUT2D eigenvalue weighted by molar-refractivity contribution is 8.77. The number of hydrogen-bond donors (Lipinski definition) is 2. The predicted octanol–water partition coefficient (Wildman–Crippen LogP) is 14.1. The van der Waals surface area contributed by atoms with Crippen molar-refractivity contribution in [2.45, 2.75) is 71.1 Å². The molecule has 0 heterocycles. The quantitative estimate of drug-likeness (QED) is 0.0681. The highest BCUT2D eigenvalue weighted by Crippen LogP contribution is 2.43. The molecule has 2 N–H and O–H groups in total. The number of amides is 1. The lowest BCUT2D eigenvalue weighted by molar-refractivity contribution is -0.146. The standard InChI is InChI=1S/C33H35NO4S2.C21H14O/c1-32(2,3)38-31(36)34-27(19-39-40-33(4,5)6)30(35)37-18-21-16-17-26-24-14-8-11-20-10-7-13-23(28(20)24)25-15-9-12-22(21)29(25)26;22-12-14-10-11-19-17-8-2-5-13-4-1-7-16(20(13)17)18-9-3-6-15(14)21(18)19/h7-17,27H,18-19H2,1-6H3,(H,34,36);1-11,22H,12H2/t27-;/m0./s1. The Labute approximate surface area is 369 Å². The SMILES string of the molecule is CC(C)(C)OC(=O)N[C@@H](CSSC(C)(C)C)C(=O)OCc1ccc2c3cccc4cccc(c5cccc1c52)c43.OCc1ccc2c3cccc4cccc(c5cccc1c52)c43. The Morgan fingerprint density at radius 3 is 1.40 bits per heavy atom. The monoisotopic (exact) mass is 855 g/mol. The average molecular weight is 856 g/mol. The normalized spacial score (nSPS) is 12.8. The summed E-state index contributed by atoms with van der Waals surface area (Å²) in [6.45, 7) is 11.9. The fourth-order valence-corrected chi connectivity index (χ4v) is 11.3. The minimum Gasteiger partial charge on any atom is -0.459 e. The average Bonchev–Trinajstić information content (AvgIpc) is 3.25. The molecule has 1 atom stereocenters. The van der Waals surface area contributed by atoms with Gasteiger partial charge in [0.05, 0.1) is 6.61 Å². The summed E-state index contributed by atoms with van der Waals surface area (Å²) in [6, 6.07) is 46.1. The molecule has 0 aliphatic carbocycles. The summed E-state index contributed by atoms with van der Waals surface area (Å²) >= 11 is 0. The van der Waals surface area contributed by atoms with E-state index in [1.165, 1.54) is 86.2 Å². The largest absolute Gasteiger partial charge is 0.459 e. The van der Waals surface area contributed by atoms with Crippen LogP contribution in [0.5, 0.6) is 0 Å². The first kappa shape index (κ1) is 41.5. The van der Waals surface area contributed by atoms with Crippen molar-refractivity contribution in [1.29, 1.82) is 0 Å². The molecule has 10 aromatic carbocycles. The van der Waals surface area contributed by atoms with Gasteiger partial charge in [-0.3, -0.25) is 0 Å². The van der Waals surface area contributed by atoms with E-state index >= 15 is 0 Å². The molecule has 0 spiro atoms. The first-order valence-corrected chi connectivity index (χ1v) is 23.3. The molecule has 0 aromatic heterocycles. The first-order chi connectivity index (χ1) is 29.8. The number of fused-ring (bicyclic) bond motifs is 4.